The maximum Gasteiger partial charge on any atom is 0.253 e. The van der Waals surface area contributed by atoms with Crippen molar-refractivity contribution in [2.75, 3.05) is 6.54 Å². The van der Waals surface area contributed by atoms with Crippen LogP contribution in [-0.2, 0) is 16.4 Å². The molecule has 0 fully saturated rings. The molecule has 0 bridgehead atoms. The van der Waals surface area contributed by atoms with Crippen LogP contribution >= 0.6 is 22.7 Å². The molecule has 104 valence electrons. The maximum atomic E-state index is 12.7. The van der Waals surface area contributed by atoms with Crippen LogP contribution in [-0.4, -0.2) is 19.3 Å². The topological polar surface area (TPSA) is 61.2 Å². The van der Waals surface area contributed by atoms with E-state index >= 15 is 0 Å². The van der Waals surface area contributed by atoms with E-state index in [0.29, 0.717) is 11.4 Å². The second-order valence-corrected chi connectivity index (χ2v) is 8.77. The SMILES string of the molecule is CC1c2ccsc2CCN1S(=O)(=O)c1ccc(C#N)s1. The number of fused-ring (bicyclic) bond motifs is 1. The summed E-state index contributed by atoms with van der Waals surface area (Å²) in [4.78, 5) is 1.69. The average molecular weight is 324 g/mol. The molecule has 2 aromatic heterocycles. The summed E-state index contributed by atoms with van der Waals surface area (Å²) in [5.74, 6) is 0. The molecule has 2 aromatic rings. The first-order valence-electron chi connectivity index (χ1n) is 6.12. The zero-order valence-electron chi connectivity index (χ0n) is 10.7. The van der Waals surface area contributed by atoms with Gasteiger partial charge in [-0.25, -0.2) is 8.42 Å². The summed E-state index contributed by atoms with van der Waals surface area (Å²) in [7, 11) is -3.52. The summed E-state index contributed by atoms with van der Waals surface area (Å²) in [5, 5.41) is 10.8. The van der Waals surface area contributed by atoms with Gasteiger partial charge >= 0.3 is 0 Å². The van der Waals surface area contributed by atoms with Crippen molar-refractivity contribution in [2.45, 2.75) is 23.6 Å². The second kappa shape index (κ2) is 4.97. The zero-order chi connectivity index (χ0) is 14.3. The van der Waals surface area contributed by atoms with Gasteiger partial charge in [-0.1, -0.05) is 0 Å². The third kappa shape index (κ3) is 2.09. The van der Waals surface area contributed by atoms with Gasteiger partial charge in [0.05, 0.1) is 0 Å². The van der Waals surface area contributed by atoms with Crippen molar-refractivity contribution in [3.8, 4) is 6.07 Å². The molecular formula is C13H12N2O2S3. The van der Waals surface area contributed by atoms with Gasteiger partial charge in [-0.05, 0) is 42.5 Å². The number of hydrogen-bond donors (Lipinski definition) is 0. The molecule has 0 radical (unpaired) electrons. The summed E-state index contributed by atoms with van der Waals surface area (Å²) in [6.45, 7) is 2.41. The van der Waals surface area contributed by atoms with Gasteiger partial charge in [0.15, 0.2) is 0 Å². The van der Waals surface area contributed by atoms with Gasteiger partial charge in [0.1, 0.15) is 15.2 Å². The van der Waals surface area contributed by atoms with Crippen LogP contribution in [0.3, 0.4) is 0 Å². The Kier molecular flexibility index (Phi) is 3.42. The van der Waals surface area contributed by atoms with E-state index in [2.05, 4.69) is 0 Å². The van der Waals surface area contributed by atoms with Crippen LogP contribution in [0.1, 0.15) is 28.3 Å². The highest BCUT2D eigenvalue weighted by Gasteiger charge is 2.35. The normalized spacial score (nSPS) is 19.5. The molecule has 1 aliphatic heterocycles. The molecule has 0 saturated carbocycles. The van der Waals surface area contributed by atoms with E-state index in [1.807, 2.05) is 24.4 Å². The molecule has 0 saturated heterocycles. The number of nitriles is 1. The lowest BCUT2D eigenvalue weighted by Crippen LogP contribution is -2.37. The Morgan fingerprint density at radius 3 is 2.90 bits per heavy atom. The van der Waals surface area contributed by atoms with Gasteiger partial charge in [-0.2, -0.15) is 9.57 Å². The fraction of sp³-hybridized carbons (Fsp3) is 0.308. The van der Waals surface area contributed by atoms with E-state index in [0.717, 1.165) is 23.3 Å². The Balaban J connectivity index is 1.99. The standard InChI is InChI=1S/C13H12N2O2S3/c1-9-11-5-7-18-12(11)4-6-15(9)20(16,17)13-3-2-10(8-14)19-13/h2-3,5,7,9H,4,6H2,1H3. The van der Waals surface area contributed by atoms with Crippen LogP contribution in [0, 0.1) is 11.3 Å². The third-order valence-electron chi connectivity index (χ3n) is 3.48. The Hall–Kier alpha value is -1.20. The number of hydrogen-bond acceptors (Lipinski definition) is 5. The van der Waals surface area contributed by atoms with Crippen LogP contribution in [0.2, 0.25) is 0 Å². The molecular weight excluding hydrogens is 312 g/mol. The van der Waals surface area contributed by atoms with Gasteiger partial charge in [-0.3, -0.25) is 0 Å². The van der Waals surface area contributed by atoms with Crippen molar-refractivity contribution in [3.63, 3.8) is 0 Å². The Morgan fingerprint density at radius 1 is 1.40 bits per heavy atom. The molecule has 1 atom stereocenters. The first-order valence-corrected chi connectivity index (χ1v) is 9.25. The zero-order valence-corrected chi connectivity index (χ0v) is 13.2. The van der Waals surface area contributed by atoms with Gasteiger partial charge in [0.25, 0.3) is 10.0 Å². The Morgan fingerprint density at radius 2 is 2.20 bits per heavy atom. The highest BCUT2D eigenvalue weighted by molar-refractivity contribution is 7.91. The molecule has 0 spiro atoms. The number of nitrogens with zero attached hydrogens (tertiary/aromatic N) is 2. The molecule has 20 heavy (non-hydrogen) atoms. The van der Waals surface area contributed by atoms with Crippen molar-refractivity contribution in [2.24, 2.45) is 0 Å². The first-order chi connectivity index (χ1) is 9.54. The monoisotopic (exact) mass is 324 g/mol. The summed E-state index contributed by atoms with van der Waals surface area (Å²) >= 11 is 2.71. The van der Waals surface area contributed by atoms with Crippen molar-refractivity contribution < 1.29 is 8.42 Å². The molecule has 0 N–H and O–H groups in total. The predicted octanol–water partition coefficient (Wildman–Crippen LogP) is 2.99. The van der Waals surface area contributed by atoms with Crippen molar-refractivity contribution in [1.82, 2.24) is 4.31 Å². The fourth-order valence-corrected chi connectivity index (χ4v) is 6.26. The van der Waals surface area contributed by atoms with Gasteiger partial charge in [0, 0.05) is 17.5 Å². The minimum absolute atomic E-state index is 0.150. The van der Waals surface area contributed by atoms with E-state index in [4.69, 9.17) is 5.26 Å². The summed E-state index contributed by atoms with van der Waals surface area (Å²) in [6.07, 6.45) is 0.757. The molecule has 3 rings (SSSR count). The van der Waals surface area contributed by atoms with E-state index in [9.17, 15) is 8.42 Å². The predicted molar refractivity (Wildman–Crippen MR) is 79.4 cm³/mol. The van der Waals surface area contributed by atoms with Gasteiger partial charge < -0.3 is 0 Å². The summed E-state index contributed by atoms with van der Waals surface area (Å²) < 4.78 is 27.2. The lowest BCUT2D eigenvalue weighted by molar-refractivity contribution is 0.330. The van der Waals surface area contributed by atoms with Crippen molar-refractivity contribution in [3.05, 3.63) is 38.9 Å². The Bertz CT molecular complexity index is 783. The average Bonchev–Trinajstić information content (AvgIpc) is 3.08. The smallest absolute Gasteiger partial charge is 0.206 e. The van der Waals surface area contributed by atoms with E-state index in [-0.39, 0.29) is 10.3 Å². The third-order valence-corrected chi connectivity index (χ3v) is 7.90. The van der Waals surface area contributed by atoms with Crippen molar-refractivity contribution in [1.29, 1.82) is 5.26 Å². The first kappa shape index (κ1) is 13.8. The van der Waals surface area contributed by atoms with E-state index < -0.39 is 10.0 Å². The minimum atomic E-state index is -3.52. The van der Waals surface area contributed by atoms with Crippen LogP contribution in [0.25, 0.3) is 0 Å². The molecule has 0 aromatic carbocycles. The molecule has 3 heterocycles. The maximum absolute atomic E-state index is 12.7. The van der Waals surface area contributed by atoms with E-state index in [1.165, 1.54) is 15.2 Å². The Labute approximate surface area is 126 Å². The molecule has 4 nitrogen and oxygen atoms in total. The van der Waals surface area contributed by atoms with E-state index in [1.54, 1.807) is 17.4 Å². The number of rotatable bonds is 2. The fourth-order valence-electron chi connectivity index (χ4n) is 2.45. The quantitative estimate of drug-likeness (QED) is 0.853. The highest BCUT2D eigenvalue weighted by Crippen LogP contribution is 2.37. The highest BCUT2D eigenvalue weighted by atomic mass is 32.2. The van der Waals surface area contributed by atoms with Crippen LogP contribution in [0.4, 0.5) is 0 Å². The largest absolute Gasteiger partial charge is 0.253 e. The van der Waals surface area contributed by atoms with Crippen LogP contribution < -0.4 is 0 Å². The molecule has 0 amide bonds. The van der Waals surface area contributed by atoms with Gasteiger partial charge in [-0.15, -0.1) is 22.7 Å². The van der Waals surface area contributed by atoms with Crippen LogP contribution in [0.15, 0.2) is 27.8 Å². The molecule has 7 heteroatoms. The van der Waals surface area contributed by atoms with Crippen LogP contribution in [0.5, 0.6) is 0 Å². The molecule has 1 unspecified atom stereocenters. The van der Waals surface area contributed by atoms with Gasteiger partial charge in [0.2, 0.25) is 0 Å². The second-order valence-electron chi connectivity index (χ2n) is 4.57. The lowest BCUT2D eigenvalue weighted by Gasteiger charge is -2.32. The molecule has 0 aliphatic carbocycles. The lowest BCUT2D eigenvalue weighted by atomic mass is 10.0. The van der Waals surface area contributed by atoms with Crippen molar-refractivity contribution >= 4 is 32.7 Å². The summed E-state index contributed by atoms with van der Waals surface area (Å²) in [6, 6.07) is 6.91. The number of thiophene rings is 2. The minimum Gasteiger partial charge on any atom is -0.206 e. The number of sulfonamides is 1. The summed E-state index contributed by atoms with van der Waals surface area (Å²) in [5.41, 5.74) is 1.10. The molecule has 1 aliphatic rings.